The van der Waals surface area contributed by atoms with Gasteiger partial charge in [0.2, 0.25) is 0 Å². The number of nitrogens with one attached hydrogen (secondary N) is 1. The molecule has 46 heavy (non-hydrogen) atoms. The molecule has 0 aliphatic heterocycles. The first-order valence-electron chi connectivity index (χ1n) is 14.9. The Morgan fingerprint density at radius 2 is 1.67 bits per heavy atom. The van der Waals surface area contributed by atoms with Crippen LogP contribution in [0.15, 0.2) is 107 Å². The number of furan rings is 1. The van der Waals surface area contributed by atoms with Crippen molar-refractivity contribution in [3.8, 4) is 22.9 Å². The Kier molecular flexibility index (Phi) is 10.6. The lowest BCUT2D eigenvalue weighted by Crippen LogP contribution is -2.16. The smallest absolute Gasteiger partial charge is 0.307 e. The zero-order valence-corrected chi connectivity index (χ0v) is 26.8. The van der Waals surface area contributed by atoms with Gasteiger partial charge in [0, 0.05) is 27.7 Å². The van der Waals surface area contributed by atoms with Gasteiger partial charge in [0.05, 0.1) is 12.8 Å². The number of halogens is 1. The van der Waals surface area contributed by atoms with Crippen molar-refractivity contribution in [2.75, 3.05) is 6.61 Å². The van der Waals surface area contributed by atoms with E-state index in [4.69, 9.17) is 30.2 Å². The maximum absolute atomic E-state index is 12.7. The Bertz CT molecular complexity index is 1800. The van der Waals surface area contributed by atoms with Crippen molar-refractivity contribution in [1.82, 2.24) is 9.99 Å². The van der Waals surface area contributed by atoms with Crippen LogP contribution in [0.4, 0.5) is 0 Å². The number of carbonyl (C=O) groups is 1. The average Bonchev–Trinajstić information content (AvgIpc) is 3.67. The third kappa shape index (κ3) is 8.08. The number of allylic oxidation sites excluding steroid dienone is 1. The fraction of sp³-hybridized carbons (Fsp3) is 0.189. The second-order valence-corrected chi connectivity index (χ2v) is 11.0. The second-order valence-electron chi connectivity index (χ2n) is 10.5. The first-order valence-corrected chi connectivity index (χ1v) is 15.3. The lowest BCUT2D eigenvalue weighted by Gasteiger charge is -2.17. The van der Waals surface area contributed by atoms with E-state index in [-0.39, 0.29) is 12.4 Å². The van der Waals surface area contributed by atoms with Crippen LogP contribution in [0.1, 0.15) is 51.3 Å². The largest absolute Gasteiger partial charge is 0.490 e. The molecule has 0 saturated heterocycles. The van der Waals surface area contributed by atoms with Gasteiger partial charge in [-0.05, 0) is 111 Å². The molecule has 0 fully saturated rings. The number of hydrogen-bond acceptors (Lipinski definition) is 6. The topological polar surface area (TPSA) is 87.2 Å². The number of rotatable bonds is 14. The van der Waals surface area contributed by atoms with Gasteiger partial charge in [0.15, 0.2) is 17.3 Å². The van der Waals surface area contributed by atoms with Crippen LogP contribution in [0.3, 0.4) is 0 Å². The van der Waals surface area contributed by atoms with E-state index in [1.807, 2.05) is 67.6 Å². The Morgan fingerprint density at radius 3 is 2.37 bits per heavy atom. The van der Waals surface area contributed by atoms with Crippen LogP contribution in [0.25, 0.3) is 5.69 Å². The molecule has 2 heterocycles. The average molecular weight is 638 g/mol. The lowest BCUT2D eigenvalue weighted by molar-refractivity contribution is 0.0923. The van der Waals surface area contributed by atoms with Crippen molar-refractivity contribution in [2.45, 2.75) is 40.4 Å². The van der Waals surface area contributed by atoms with Crippen LogP contribution in [0.2, 0.25) is 5.02 Å². The number of aromatic nitrogens is 1. The van der Waals surface area contributed by atoms with E-state index in [1.165, 1.54) is 11.4 Å². The summed E-state index contributed by atoms with van der Waals surface area (Å²) in [5, 5.41) is 4.81. The summed E-state index contributed by atoms with van der Waals surface area (Å²) in [4.78, 5) is 12.7. The number of aryl methyl sites for hydroxylation is 2. The molecule has 0 bridgehead atoms. The minimum absolute atomic E-state index is 0.123. The summed E-state index contributed by atoms with van der Waals surface area (Å²) >= 11 is 6.01. The molecule has 0 aliphatic rings. The maximum atomic E-state index is 12.7. The number of amides is 1. The first kappa shape index (κ1) is 32.2. The van der Waals surface area contributed by atoms with E-state index < -0.39 is 5.91 Å². The molecule has 236 valence electrons. The molecule has 5 aromatic rings. The predicted octanol–water partition coefficient (Wildman–Crippen LogP) is 8.39. The van der Waals surface area contributed by atoms with Crippen LogP contribution >= 0.6 is 11.6 Å². The summed E-state index contributed by atoms with van der Waals surface area (Å²) in [6, 6.07) is 26.5. The quantitative estimate of drug-likeness (QED) is 0.0751. The highest BCUT2D eigenvalue weighted by Crippen LogP contribution is 2.34. The summed E-state index contributed by atoms with van der Waals surface area (Å²) in [7, 11) is 0. The Labute approximate surface area is 273 Å². The van der Waals surface area contributed by atoms with Gasteiger partial charge in [0.25, 0.3) is 0 Å². The highest BCUT2D eigenvalue weighted by atomic mass is 35.5. The normalized spacial score (nSPS) is 11.0. The summed E-state index contributed by atoms with van der Waals surface area (Å²) in [5.74, 6) is 2.05. The molecule has 9 heteroatoms. The number of hydrogen-bond donors (Lipinski definition) is 1. The van der Waals surface area contributed by atoms with E-state index in [0.29, 0.717) is 47.7 Å². The van der Waals surface area contributed by atoms with Gasteiger partial charge >= 0.3 is 5.91 Å². The van der Waals surface area contributed by atoms with Crippen molar-refractivity contribution in [3.05, 3.63) is 142 Å². The minimum atomic E-state index is -0.483. The third-order valence-electron chi connectivity index (χ3n) is 7.13. The molecule has 3 aromatic carbocycles. The van der Waals surface area contributed by atoms with Gasteiger partial charge in [0.1, 0.15) is 24.7 Å². The van der Waals surface area contributed by atoms with Gasteiger partial charge in [-0.25, -0.2) is 5.43 Å². The highest BCUT2D eigenvalue weighted by Gasteiger charge is 2.15. The molecule has 2 aromatic heterocycles. The third-order valence-corrected chi connectivity index (χ3v) is 7.38. The second kappa shape index (κ2) is 15.2. The number of hydrazone groups is 1. The molecule has 1 N–H and O–H groups in total. The van der Waals surface area contributed by atoms with Gasteiger partial charge in [-0.2, -0.15) is 5.10 Å². The van der Waals surface area contributed by atoms with Gasteiger partial charge in [-0.15, -0.1) is 6.58 Å². The van der Waals surface area contributed by atoms with Crippen LogP contribution in [0, 0.1) is 13.8 Å². The summed E-state index contributed by atoms with van der Waals surface area (Å²) in [6.45, 7) is 10.9. The van der Waals surface area contributed by atoms with Gasteiger partial charge < -0.3 is 23.2 Å². The van der Waals surface area contributed by atoms with Gasteiger partial charge in [-0.1, -0.05) is 29.8 Å². The van der Waals surface area contributed by atoms with Crippen molar-refractivity contribution in [1.29, 1.82) is 0 Å². The lowest BCUT2D eigenvalue weighted by atomic mass is 10.1. The van der Waals surface area contributed by atoms with Crippen LogP contribution < -0.4 is 19.6 Å². The number of carbonyl (C=O) groups excluding carboxylic acids is 1. The molecule has 0 unspecified atom stereocenters. The van der Waals surface area contributed by atoms with Crippen LogP contribution in [0.5, 0.6) is 17.2 Å². The fourth-order valence-corrected chi connectivity index (χ4v) is 5.07. The number of ether oxygens (including phenoxy) is 3. The molecule has 0 aliphatic carbocycles. The minimum Gasteiger partial charge on any atom is -0.490 e. The molecule has 0 radical (unpaired) electrons. The number of benzene rings is 3. The van der Waals surface area contributed by atoms with E-state index in [9.17, 15) is 4.79 Å². The fourth-order valence-electron chi connectivity index (χ4n) is 4.95. The molecular formula is C37H36ClN3O5. The number of nitrogens with zero attached hydrogens (tertiary/aromatic N) is 2. The van der Waals surface area contributed by atoms with E-state index >= 15 is 0 Å². The highest BCUT2D eigenvalue weighted by molar-refractivity contribution is 6.30. The molecule has 0 saturated carbocycles. The maximum Gasteiger partial charge on any atom is 0.307 e. The molecule has 5 rings (SSSR count). The molecule has 0 atom stereocenters. The van der Waals surface area contributed by atoms with E-state index in [2.05, 4.69) is 47.7 Å². The molecule has 8 nitrogen and oxygen atoms in total. The summed E-state index contributed by atoms with van der Waals surface area (Å²) < 4.78 is 25.8. The zero-order valence-electron chi connectivity index (χ0n) is 26.1. The van der Waals surface area contributed by atoms with Crippen LogP contribution in [-0.2, 0) is 19.6 Å². The monoisotopic (exact) mass is 637 g/mol. The van der Waals surface area contributed by atoms with Crippen LogP contribution in [-0.4, -0.2) is 23.3 Å². The van der Waals surface area contributed by atoms with Crippen molar-refractivity contribution in [2.24, 2.45) is 5.10 Å². The Balaban J connectivity index is 1.19. The Morgan fingerprint density at radius 1 is 0.935 bits per heavy atom. The summed E-state index contributed by atoms with van der Waals surface area (Å²) in [5.41, 5.74) is 8.49. The standard InChI is InChI=1S/C37H36ClN3O5/c1-5-7-29-20-28(21-35(43-6-2)36(29)45-23-27-10-12-30(38)13-11-27)22-39-40-37(42)34-19-18-33(46-34)24-44-32-16-14-31(15-17-32)41-25(3)8-9-26(41)4/h5,8-22H,1,6-7,23-24H2,2-4H3,(H,40,42)/b39-22+. The first-order chi connectivity index (χ1) is 22.3. The van der Waals surface area contributed by atoms with Crippen molar-refractivity contribution >= 4 is 23.7 Å². The Hall–Kier alpha value is -5.21. The predicted molar refractivity (Wildman–Crippen MR) is 181 cm³/mol. The van der Waals surface area contributed by atoms with Crippen molar-refractivity contribution < 1.29 is 23.4 Å². The van der Waals surface area contributed by atoms with E-state index in [0.717, 1.165) is 22.4 Å². The molecule has 1 amide bonds. The SMILES string of the molecule is C=CCc1cc(/C=N/NC(=O)c2ccc(COc3ccc(-n4c(C)ccc4C)cc3)o2)cc(OCC)c1OCc1ccc(Cl)cc1. The van der Waals surface area contributed by atoms with E-state index in [1.54, 1.807) is 24.4 Å². The molecular weight excluding hydrogens is 602 g/mol. The van der Waals surface area contributed by atoms with Crippen molar-refractivity contribution in [3.63, 3.8) is 0 Å². The zero-order chi connectivity index (χ0) is 32.5. The summed E-state index contributed by atoms with van der Waals surface area (Å²) in [6.07, 6.45) is 3.89. The van der Waals surface area contributed by atoms with Gasteiger partial charge in [-0.3, -0.25) is 4.79 Å². The molecule has 0 spiro atoms.